The lowest BCUT2D eigenvalue weighted by Gasteiger charge is -2.36. The van der Waals surface area contributed by atoms with Crippen molar-refractivity contribution in [3.63, 3.8) is 0 Å². The number of carbonyl (C=O) groups excluding carboxylic acids is 1. The number of carbonyl (C=O) groups is 1. The van der Waals surface area contributed by atoms with Crippen molar-refractivity contribution >= 4 is 22.5 Å². The zero-order valence-electron chi connectivity index (χ0n) is 17.5. The van der Waals surface area contributed by atoms with Crippen LogP contribution in [0.4, 0.5) is 5.69 Å². The SMILES string of the molecule is CCCn1c(C)c(C(=O)N2CCN(c3ccccc3)CC2)c2cc(OC)ccc21. The zero-order chi connectivity index (χ0) is 20.4. The van der Waals surface area contributed by atoms with Gasteiger partial charge in [0.15, 0.2) is 0 Å². The predicted molar refractivity (Wildman–Crippen MR) is 118 cm³/mol. The predicted octanol–water partition coefficient (Wildman–Crippen LogP) is 4.33. The van der Waals surface area contributed by atoms with E-state index >= 15 is 0 Å². The maximum absolute atomic E-state index is 13.5. The van der Waals surface area contributed by atoms with Crippen molar-refractivity contribution in [1.29, 1.82) is 0 Å². The van der Waals surface area contributed by atoms with Gasteiger partial charge in [0.05, 0.1) is 12.7 Å². The third-order valence-corrected chi connectivity index (χ3v) is 5.88. The van der Waals surface area contributed by atoms with Crippen LogP contribution in [0.2, 0.25) is 0 Å². The van der Waals surface area contributed by atoms with Crippen LogP contribution < -0.4 is 9.64 Å². The number of anilines is 1. The molecule has 29 heavy (non-hydrogen) atoms. The number of fused-ring (bicyclic) bond motifs is 1. The van der Waals surface area contributed by atoms with Crippen LogP contribution in [0, 0.1) is 6.92 Å². The number of nitrogens with zero attached hydrogens (tertiary/aromatic N) is 3. The summed E-state index contributed by atoms with van der Waals surface area (Å²) in [6, 6.07) is 16.5. The standard InChI is InChI=1S/C24H29N3O2/c1-4-12-27-18(2)23(21-17-20(29-3)10-11-22(21)27)24(28)26-15-13-25(14-16-26)19-8-6-5-7-9-19/h5-11,17H,4,12-16H2,1-3H3. The Morgan fingerprint density at radius 2 is 1.76 bits per heavy atom. The number of hydrogen-bond acceptors (Lipinski definition) is 3. The molecule has 0 unspecified atom stereocenters. The second kappa shape index (κ2) is 8.19. The number of amides is 1. The van der Waals surface area contributed by atoms with Crippen LogP contribution in [-0.4, -0.2) is 48.7 Å². The van der Waals surface area contributed by atoms with Crippen molar-refractivity contribution in [1.82, 2.24) is 9.47 Å². The first-order chi connectivity index (χ1) is 14.1. The molecule has 4 rings (SSSR count). The number of rotatable bonds is 5. The second-order valence-electron chi connectivity index (χ2n) is 7.61. The Kier molecular flexibility index (Phi) is 5.47. The minimum Gasteiger partial charge on any atom is -0.497 e. The highest BCUT2D eigenvalue weighted by molar-refractivity contribution is 6.08. The van der Waals surface area contributed by atoms with E-state index in [1.165, 1.54) is 5.69 Å². The quantitative estimate of drug-likeness (QED) is 0.650. The van der Waals surface area contributed by atoms with Crippen LogP contribution in [0.3, 0.4) is 0 Å². The van der Waals surface area contributed by atoms with Crippen LogP contribution >= 0.6 is 0 Å². The maximum Gasteiger partial charge on any atom is 0.256 e. The van der Waals surface area contributed by atoms with E-state index in [1.54, 1.807) is 7.11 Å². The number of aryl methyl sites for hydroxylation is 1. The van der Waals surface area contributed by atoms with Gasteiger partial charge in [0.2, 0.25) is 0 Å². The highest BCUT2D eigenvalue weighted by atomic mass is 16.5. The Bertz CT molecular complexity index is 1000. The number of ether oxygens (including phenoxy) is 1. The summed E-state index contributed by atoms with van der Waals surface area (Å²) in [5, 5.41) is 0.991. The molecule has 2 aromatic carbocycles. The number of aromatic nitrogens is 1. The monoisotopic (exact) mass is 391 g/mol. The first-order valence-corrected chi connectivity index (χ1v) is 10.4. The molecule has 0 radical (unpaired) electrons. The van der Waals surface area contributed by atoms with Gasteiger partial charge in [0.1, 0.15) is 5.75 Å². The number of hydrogen-bond donors (Lipinski definition) is 0. The van der Waals surface area contributed by atoms with E-state index in [9.17, 15) is 4.79 Å². The fourth-order valence-electron chi connectivity index (χ4n) is 4.33. The summed E-state index contributed by atoms with van der Waals surface area (Å²) in [7, 11) is 1.67. The molecule has 2 heterocycles. The normalized spacial score (nSPS) is 14.4. The highest BCUT2D eigenvalue weighted by Gasteiger charge is 2.27. The summed E-state index contributed by atoms with van der Waals surface area (Å²) in [5.74, 6) is 0.914. The number of benzene rings is 2. The number of para-hydroxylation sites is 1. The Morgan fingerprint density at radius 1 is 1.03 bits per heavy atom. The van der Waals surface area contributed by atoms with Gasteiger partial charge < -0.3 is 19.1 Å². The molecular weight excluding hydrogens is 362 g/mol. The van der Waals surface area contributed by atoms with E-state index in [-0.39, 0.29) is 5.91 Å². The molecule has 0 atom stereocenters. The van der Waals surface area contributed by atoms with Gasteiger partial charge in [-0.25, -0.2) is 0 Å². The Labute approximate surface area is 172 Å². The molecule has 1 aromatic heterocycles. The molecule has 1 fully saturated rings. The van der Waals surface area contributed by atoms with Crippen molar-refractivity contribution in [2.45, 2.75) is 26.8 Å². The fourth-order valence-corrected chi connectivity index (χ4v) is 4.33. The minimum absolute atomic E-state index is 0.128. The molecule has 5 nitrogen and oxygen atoms in total. The van der Waals surface area contributed by atoms with E-state index in [0.29, 0.717) is 0 Å². The van der Waals surface area contributed by atoms with Crippen molar-refractivity contribution in [3.8, 4) is 5.75 Å². The maximum atomic E-state index is 13.5. The van der Waals surface area contributed by atoms with Crippen molar-refractivity contribution in [2.75, 3.05) is 38.2 Å². The van der Waals surface area contributed by atoms with E-state index in [0.717, 1.165) is 67.1 Å². The third kappa shape index (κ3) is 3.57. The molecule has 1 amide bonds. The smallest absolute Gasteiger partial charge is 0.256 e. The average Bonchev–Trinajstić information content (AvgIpc) is 3.05. The Hall–Kier alpha value is -2.95. The van der Waals surface area contributed by atoms with Crippen LogP contribution in [0.15, 0.2) is 48.5 Å². The second-order valence-corrected chi connectivity index (χ2v) is 7.61. The summed E-state index contributed by atoms with van der Waals surface area (Å²) in [5.41, 5.74) is 4.20. The lowest BCUT2D eigenvalue weighted by Crippen LogP contribution is -2.48. The van der Waals surface area contributed by atoms with Gasteiger partial charge in [-0.3, -0.25) is 4.79 Å². The number of piperazine rings is 1. The molecule has 152 valence electrons. The summed E-state index contributed by atoms with van der Waals surface area (Å²) in [6.45, 7) is 8.31. The molecule has 1 aliphatic rings. The topological polar surface area (TPSA) is 37.7 Å². The van der Waals surface area contributed by atoms with Crippen LogP contribution in [0.1, 0.15) is 29.4 Å². The van der Waals surface area contributed by atoms with Gasteiger partial charge in [0, 0.05) is 55.0 Å². The van der Waals surface area contributed by atoms with Crippen molar-refractivity contribution < 1.29 is 9.53 Å². The summed E-state index contributed by atoms with van der Waals surface area (Å²) < 4.78 is 7.70. The summed E-state index contributed by atoms with van der Waals surface area (Å²) >= 11 is 0. The highest BCUT2D eigenvalue weighted by Crippen LogP contribution is 2.31. The van der Waals surface area contributed by atoms with Gasteiger partial charge in [-0.1, -0.05) is 25.1 Å². The Balaban J connectivity index is 1.62. The molecule has 0 spiro atoms. The van der Waals surface area contributed by atoms with E-state index in [1.807, 2.05) is 23.1 Å². The molecule has 0 N–H and O–H groups in total. The van der Waals surface area contributed by atoms with E-state index in [2.05, 4.69) is 53.6 Å². The van der Waals surface area contributed by atoms with Crippen molar-refractivity contribution in [2.24, 2.45) is 0 Å². The number of methoxy groups -OCH3 is 1. The molecule has 1 aliphatic heterocycles. The van der Waals surface area contributed by atoms with Gasteiger partial charge in [-0.2, -0.15) is 0 Å². The molecule has 3 aromatic rings. The summed E-state index contributed by atoms with van der Waals surface area (Å²) in [6.07, 6.45) is 1.03. The van der Waals surface area contributed by atoms with Gasteiger partial charge >= 0.3 is 0 Å². The lowest BCUT2D eigenvalue weighted by molar-refractivity contribution is 0.0747. The molecular formula is C24H29N3O2. The van der Waals surface area contributed by atoms with Crippen LogP contribution in [-0.2, 0) is 6.54 Å². The largest absolute Gasteiger partial charge is 0.497 e. The van der Waals surface area contributed by atoms with Gasteiger partial charge in [-0.15, -0.1) is 0 Å². The lowest BCUT2D eigenvalue weighted by atomic mass is 10.1. The molecule has 1 saturated heterocycles. The van der Waals surface area contributed by atoms with Crippen LogP contribution in [0.5, 0.6) is 5.75 Å². The summed E-state index contributed by atoms with van der Waals surface area (Å²) in [4.78, 5) is 17.9. The van der Waals surface area contributed by atoms with Gasteiger partial charge in [-0.05, 0) is 43.7 Å². The Morgan fingerprint density at radius 3 is 2.41 bits per heavy atom. The third-order valence-electron chi connectivity index (χ3n) is 5.88. The molecule has 0 bridgehead atoms. The molecule has 0 aliphatic carbocycles. The van der Waals surface area contributed by atoms with Crippen LogP contribution in [0.25, 0.3) is 10.9 Å². The molecule has 0 saturated carbocycles. The van der Waals surface area contributed by atoms with Crippen molar-refractivity contribution in [3.05, 3.63) is 59.8 Å². The first kappa shape index (κ1) is 19.4. The first-order valence-electron chi connectivity index (χ1n) is 10.4. The molecule has 5 heteroatoms. The minimum atomic E-state index is 0.128. The zero-order valence-corrected chi connectivity index (χ0v) is 17.5. The van der Waals surface area contributed by atoms with Gasteiger partial charge in [0.25, 0.3) is 5.91 Å². The van der Waals surface area contributed by atoms with E-state index in [4.69, 9.17) is 4.74 Å². The fraction of sp³-hybridized carbons (Fsp3) is 0.375. The average molecular weight is 392 g/mol. The van der Waals surface area contributed by atoms with E-state index < -0.39 is 0 Å².